The smallest absolute Gasteiger partial charge is 0.255 e. The minimum atomic E-state index is -1.61. The van der Waals surface area contributed by atoms with E-state index in [0.29, 0.717) is 22.6 Å². The van der Waals surface area contributed by atoms with Crippen molar-refractivity contribution < 1.29 is 14.3 Å². The quantitative estimate of drug-likeness (QED) is 0.537. The molecule has 0 spiro atoms. The molecule has 0 aromatic carbocycles. The van der Waals surface area contributed by atoms with Gasteiger partial charge in [-0.25, -0.2) is 8.91 Å². The van der Waals surface area contributed by atoms with E-state index in [2.05, 4.69) is 26.8 Å². The maximum Gasteiger partial charge on any atom is 0.255 e. The Kier molecular flexibility index (Phi) is 6.22. The number of nitrogens with one attached hydrogen (secondary N) is 2. The van der Waals surface area contributed by atoms with Crippen molar-refractivity contribution >= 4 is 17.1 Å². The summed E-state index contributed by atoms with van der Waals surface area (Å²) in [4.78, 5) is 17.1. The summed E-state index contributed by atoms with van der Waals surface area (Å²) in [5.74, 6) is -0.495. The first kappa shape index (κ1) is 22.2. The van der Waals surface area contributed by atoms with Gasteiger partial charge in [0.25, 0.3) is 5.91 Å². The second-order valence-corrected chi connectivity index (χ2v) is 8.16. The van der Waals surface area contributed by atoms with Crippen LogP contribution in [-0.4, -0.2) is 50.0 Å². The van der Waals surface area contributed by atoms with Crippen LogP contribution < -0.4 is 10.6 Å². The lowest BCUT2D eigenvalue weighted by Gasteiger charge is -2.23. The molecule has 162 valence electrons. The van der Waals surface area contributed by atoms with Gasteiger partial charge in [0.15, 0.2) is 0 Å². The van der Waals surface area contributed by atoms with Crippen LogP contribution in [0.1, 0.15) is 43.6 Å². The minimum absolute atomic E-state index is 0.0347. The largest absolute Gasteiger partial charge is 0.387 e. The first-order chi connectivity index (χ1) is 14.6. The lowest BCUT2D eigenvalue weighted by Crippen LogP contribution is -2.42. The molecule has 0 aliphatic heterocycles. The van der Waals surface area contributed by atoms with E-state index in [-0.39, 0.29) is 18.2 Å². The Labute approximate surface area is 179 Å². The van der Waals surface area contributed by atoms with Crippen molar-refractivity contribution in [2.24, 2.45) is 0 Å². The number of nitrogens with zero attached hydrogens (tertiary/aromatic N) is 4. The number of aromatic nitrogens is 3. The minimum Gasteiger partial charge on any atom is -0.387 e. The number of carbonyl (C=O) groups excluding carboxylic acids is 1. The topological polar surface area (TPSA) is 115 Å². The van der Waals surface area contributed by atoms with E-state index in [4.69, 9.17) is 5.26 Å². The zero-order valence-electron chi connectivity index (χ0n) is 17.8. The predicted octanol–water partition coefficient (Wildman–Crippen LogP) is 2.93. The van der Waals surface area contributed by atoms with Crippen LogP contribution in [0, 0.1) is 11.3 Å². The molecule has 0 aliphatic rings. The van der Waals surface area contributed by atoms with Gasteiger partial charge in [0.05, 0.1) is 52.1 Å². The van der Waals surface area contributed by atoms with Crippen LogP contribution in [0.2, 0.25) is 0 Å². The zero-order valence-corrected chi connectivity index (χ0v) is 17.8. The Hall–Kier alpha value is -3.51. The molecule has 9 heteroatoms. The van der Waals surface area contributed by atoms with Crippen LogP contribution in [0.3, 0.4) is 0 Å². The molecule has 3 rings (SSSR count). The van der Waals surface area contributed by atoms with Crippen LogP contribution in [0.25, 0.3) is 16.9 Å². The van der Waals surface area contributed by atoms with Crippen LogP contribution in [0.15, 0.2) is 36.7 Å². The lowest BCUT2D eigenvalue weighted by molar-refractivity contribution is -0.00177. The lowest BCUT2D eigenvalue weighted by atomic mass is 10.0. The molecule has 0 radical (unpaired) electrons. The van der Waals surface area contributed by atoms with Gasteiger partial charge in [0.2, 0.25) is 0 Å². The normalized spacial score (nSPS) is 12.6. The van der Waals surface area contributed by atoms with Gasteiger partial charge < -0.3 is 15.7 Å². The number of nitriles is 1. The van der Waals surface area contributed by atoms with Gasteiger partial charge in [0, 0.05) is 12.2 Å². The molecular weight excluding hydrogens is 399 g/mol. The molecule has 0 saturated carbocycles. The molecule has 3 aromatic heterocycles. The number of anilines is 1. The van der Waals surface area contributed by atoms with E-state index in [9.17, 15) is 14.3 Å². The molecule has 0 fully saturated rings. The molecule has 8 nitrogen and oxygen atoms in total. The van der Waals surface area contributed by atoms with Crippen molar-refractivity contribution in [3.63, 3.8) is 0 Å². The Morgan fingerprint density at radius 1 is 1.32 bits per heavy atom. The number of aliphatic hydroxyl groups is 1. The van der Waals surface area contributed by atoms with E-state index >= 15 is 0 Å². The summed E-state index contributed by atoms with van der Waals surface area (Å²) < 4.78 is 15.7. The predicted molar refractivity (Wildman–Crippen MR) is 115 cm³/mol. The Balaban J connectivity index is 1.93. The molecule has 0 bridgehead atoms. The summed E-state index contributed by atoms with van der Waals surface area (Å²) in [6.45, 7) is 6.25. The molecule has 3 N–H and O–H groups in total. The summed E-state index contributed by atoms with van der Waals surface area (Å²) in [5, 5.41) is 28.8. The molecule has 1 atom stereocenters. The number of hydrogen-bond acceptors (Lipinski definition) is 6. The van der Waals surface area contributed by atoms with Crippen LogP contribution in [0.4, 0.5) is 10.1 Å². The summed E-state index contributed by atoms with van der Waals surface area (Å²) in [6.07, 6.45) is 1.29. The van der Waals surface area contributed by atoms with Gasteiger partial charge in [-0.1, -0.05) is 0 Å². The number of pyridine rings is 1. The van der Waals surface area contributed by atoms with E-state index < -0.39 is 17.7 Å². The first-order valence-electron chi connectivity index (χ1n) is 9.89. The van der Waals surface area contributed by atoms with Crippen LogP contribution >= 0.6 is 0 Å². The highest BCUT2D eigenvalue weighted by Crippen LogP contribution is 2.26. The first-order valence-corrected chi connectivity index (χ1v) is 9.89. The van der Waals surface area contributed by atoms with Crippen molar-refractivity contribution in [1.29, 1.82) is 5.26 Å². The van der Waals surface area contributed by atoms with E-state index in [0.717, 1.165) is 5.52 Å². The van der Waals surface area contributed by atoms with Gasteiger partial charge in [-0.15, -0.1) is 0 Å². The fourth-order valence-electron chi connectivity index (χ4n) is 2.99. The summed E-state index contributed by atoms with van der Waals surface area (Å²) in [7, 11) is 0. The average Bonchev–Trinajstić information content (AvgIpc) is 3.13. The summed E-state index contributed by atoms with van der Waals surface area (Å²) in [5.41, 5.74) is 1.73. The second kappa shape index (κ2) is 8.70. The van der Waals surface area contributed by atoms with E-state index in [1.165, 1.54) is 26.2 Å². The van der Waals surface area contributed by atoms with E-state index in [1.807, 2.05) is 26.0 Å². The molecule has 0 saturated heterocycles. The molecule has 0 aliphatic carbocycles. The van der Waals surface area contributed by atoms with Crippen molar-refractivity contribution in [3.05, 3.63) is 47.8 Å². The van der Waals surface area contributed by atoms with Gasteiger partial charge in [0.1, 0.15) is 12.2 Å². The third kappa shape index (κ3) is 4.98. The van der Waals surface area contributed by atoms with Crippen molar-refractivity contribution in [2.75, 3.05) is 11.9 Å². The molecule has 1 amide bonds. The van der Waals surface area contributed by atoms with Crippen LogP contribution in [-0.2, 0) is 0 Å². The standard InChI is InChI=1S/C22H25FN6O2/c1-13(2)28-17-8-18(19-6-5-15-7-14(9-24)10-27-29(15)19)25-11-16(17)21(30)26-12-20(23)22(3,4)31/h5-8,10-11,13,20,31H,12H2,1-4H3,(H,25,28)(H,26,30)/t20-/m1/s1. The van der Waals surface area contributed by atoms with Crippen molar-refractivity contribution in [1.82, 2.24) is 19.9 Å². The molecule has 0 unspecified atom stereocenters. The van der Waals surface area contributed by atoms with Crippen LogP contribution in [0.5, 0.6) is 0 Å². The van der Waals surface area contributed by atoms with Crippen molar-refractivity contribution in [2.45, 2.75) is 45.5 Å². The number of alkyl halides is 1. The number of fused-ring (bicyclic) bond motifs is 1. The zero-order chi connectivity index (χ0) is 22.8. The number of carbonyl (C=O) groups is 1. The molecule has 3 aromatic rings. The van der Waals surface area contributed by atoms with Gasteiger partial charge >= 0.3 is 0 Å². The third-order valence-electron chi connectivity index (χ3n) is 4.69. The SMILES string of the molecule is CC(C)Nc1cc(-c2ccc3cc(C#N)cnn23)ncc1C(=O)NC[C@@H](F)C(C)(C)O. The average molecular weight is 424 g/mol. The Bertz CT molecular complexity index is 1140. The van der Waals surface area contributed by atoms with Gasteiger partial charge in [-0.2, -0.15) is 10.4 Å². The maximum atomic E-state index is 14.0. The number of rotatable bonds is 7. The fourth-order valence-corrected chi connectivity index (χ4v) is 2.99. The second-order valence-electron chi connectivity index (χ2n) is 8.16. The van der Waals surface area contributed by atoms with Crippen molar-refractivity contribution in [3.8, 4) is 17.5 Å². The van der Waals surface area contributed by atoms with Gasteiger partial charge in [-0.05, 0) is 52.0 Å². The Morgan fingerprint density at radius 3 is 2.71 bits per heavy atom. The molecule has 31 heavy (non-hydrogen) atoms. The maximum absolute atomic E-state index is 14.0. The summed E-state index contributed by atoms with van der Waals surface area (Å²) >= 11 is 0. The highest BCUT2D eigenvalue weighted by atomic mass is 19.1. The van der Waals surface area contributed by atoms with E-state index in [1.54, 1.807) is 16.6 Å². The molecule has 3 heterocycles. The monoisotopic (exact) mass is 424 g/mol. The highest BCUT2D eigenvalue weighted by molar-refractivity contribution is 6.00. The highest BCUT2D eigenvalue weighted by Gasteiger charge is 2.27. The fraction of sp³-hybridized carbons (Fsp3) is 0.364. The number of halogens is 1. The number of hydrogen-bond donors (Lipinski definition) is 3. The van der Waals surface area contributed by atoms with Gasteiger partial charge in [-0.3, -0.25) is 9.78 Å². The summed E-state index contributed by atoms with van der Waals surface area (Å²) in [6, 6.07) is 9.22. The Morgan fingerprint density at radius 2 is 2.06 bits per heavy atom. The number of amides is 1. The third-order valence-corrected chi connectivity index (χ3v) is 4.69. The molecular formula is C22H25FN6O2.